The molecule has 0 saturated carbocycles. The van der Waals surface area contributed by atoms with Gasteiger partial charge in [0.05, 0.1) is 5.56 Å². The van der Waals surface area contributed by atoms with Crippen molar-refractivity contribution in [1.82, 2.24) is 9.88 Å². The van der Waals surface area contributed by atoms with E-state index in [1.165, 1.54) is 0 Å². The van der Waals surface area contributed by atoms with Gasteiger partial charge in [-0.25, -0.2) is 0 Å². The molecule has 2 aliphatic heterocycles. The molecular formula is C21H22N2O4. The number of aryl methyl sites for hydroxylation is 1. The van der Waals surface area contributed by atoms with Gasteiger partial charge in [-0.3, -0.25) is 14.6 Å². The Morgan fingerprint density at radius 1 is 1.00 bits per heavy atom. The monoisotopic (exact) mass is 366 g/mol. The predicted molar refractivity (Wildman–Crippen MR) is 99.4 cm³/mol. The number of hydrogen-bond donors (Lipinski definition) is 0. The highest BCUT2D eigenvalue weighted by molar-refractivity contribution is 5.99. The molecule has 0 spiro atoms. The molecule has 140 valence electrons. The maximum atomic E-state index is 12.9. The van der Waals surface area contributed by atoms with Crippen LogP contribution in [0.25, 0.3) is 0 Å². The summed E-state index contributed by atoms with van der Waals surface area (Å²) in [5, 5.41) is 0. The molecule has 3 heterocycles. The fraction of sp³-hybridized carbons (Fsp3) is 0.381. The summed E-state index contributed by atoms with van der Waals surface area (Å²) in [5.41, 5.74) is 2.12. The Labute approximate surface area is 158 Å². The van der Waals surface area contributed by atoms with Gasteiger partial charge in [0.2, 0.25) is 0 Å². The summed E-state index contributed by atoms with van der Waals surface area (Å²) in [6.45, 7) is 4.08. The SMILES string of the molecule is Cc1ccc(C(=O)N2CCC(C(=O)c3ccc4c(c3)OCCO4)CC2)cn1. The molecule has 6 heteroatoms. The molecule has 1 aromatic carbocycles. The Morgan fingerprint density at radius 3 is 2.41 bits per heavy atom. The smallest absolute Gasteiger partial charge is 0.255 e. The molecule has 0 radical (unpaired) electrons. The fourth-order valence-electron chi connectivity index (χ4n) is 3.55. The molecular weight excluding hydrogens is 344 g/mol. The van der Waals surface area contributed by atoms with Crippen molar-refractivity contribution in [3.8, 4) is 11.5 Å². The largest absolute Gasteiger partial charge is 0.486 e. The summed E-state index contributed by atoms with van der Waals surface area (Å²) in [5.74, 6) is 1.33. The first-order chi connectivity index (χ1) is 13.1. The molecule has 27 heavy (non-hydrogen) atoms. The number of carbonyl (C=O) groups excluding carboxylic acids is 2. The number of rotatable bonds is 3. The van der Waals surface area contributed by atoms with Crippen LogP contribution in [0.5, 0.6) is 11.5 Å². The van der Waals surface area contributed by atoms with Crippen molar-refractivity contribution in [2.24, 2.45) is 5.92 Å². The van der Waals surface area contributed by atoms with E-state index in [2.05, 4.69) is 4.98 Å². The molecule has 1 saturated heterocycles. The van der Waals surface area contributed by atoms with Crippen molar-refractivity contribution in [1.29, 1.82) is 0 Å². The van der Waals surface area contributed by atoms with Crippen LogP contribution in [0.1, 0.15) is 39.3 Å². The van der Waals surface area contributed by atoms with Crippen LogP contribution in [-0.2, 0) is 0 Å². The first-order valence-electron chi connectivity index (χ1n) is 9.27. The minimum absolute atomic E-state index is 0.0206. The third-order valence-electron chi connectivity index (χ3n) is 5.14. The number of amides is 1. The number of benzene rings is 1. The maximum Gasteiger partial charge on any atom is 0.255 e. The molecule has 2 aliphatic rings. The fourth-order valence-corrected chi connectivity index (χ4v) is 3.55. The number of ether oxygens (including phenoxy) is 2. The van der Waals surface area contributed by atoms with Crippen molar-refractivity contribution >= 4 is 11.7 Å². The van der Waals surface area contributed by atoms with E-state index in [1.807, 2.05) is 13.0 Å². The lowest BCUT2D eigenvalue weighted by molar-refractivity contribution is 0.0649. The van der Waals surface area contributed by atoms with Crippen molar-refractivity contribution < 1.29 is 19.1 Å². The van der Waals surface area contributed by atoms with Crippen molar-refractivity contribution in [2.75, 3.05) is 26.3 Å². The van der Waals surface area contributed by atoms with E-state index < -0.39 is 0 Å². The van der Waals surface area contributed by atoms with E-state index in [4.69, 9.17) is 9.47 Å². The van der Waals surface area contributed by atoms with E-state index in [0.717, 1.165) is 5.69 Å². The number of Topliss-reactive ketones (excluding diaryl/α,β-unsaturated/α-hetero) is 1. The number of carbonyl (C=O) groups is 2. The number of likely N-dealkylation sites (tertiary alicyclic amines) is 1. The van der Waals surface area contributed by atoms with Crippen molar-refractivity contribution in [2.45, 2.75) is 19.8 Å². The molecule has 2 aromatic rings. The van der Waals surface area contributed by atoms with Crippen LogP contribution < -0.4 is 9.47 Å². The standard InChI is InChI=1S/C21H22N2O4/c1-14-2-3-17(13-22-14)21(25)23-8-6-15(7-9-23)20(24)16-4-5-18-19(12-16)27-11-10-26-18/h2-5,12-13,15H,6-11H2,1H3. The second-order valence-corrected chi connectivity index (χ2v) is 6.98. The Hall–Kier alpha value is -2.89. The zero-order valence-corrected chi connectivity index (χ0v) is 15.3. The third kappa shape index (κ3) is 3.65. The van der Waals surface area contributed by atoms with Crippen LogP contribution in [0, 0.1) is 12.8 Å². The van der Waals surface area contributed by atoms with E-state index >= 15 is 0 Å². The van der Waals surface area contributed by atoms with Gasteiger partial charge in [0.15, 0.2) is 17.3 Å². The minimum Gasteiger partial charge on any atom is -0.486 e. The molecule has 0 N–H and O–H groups in total. The average molecular weight is 366 g/mol. The van der Waals surface area contributed by atoms with E-state index in [1.54, 1.807) is 35.4 Å². The normalized spacial score (nSPS) is 16.9. The molecule has 4 rings (SSSR count). The number of fused-ring (bicyclic) bond motifs is 1. The van der Waals surface area contributed by atoms with Gasteiger partial charge >= 0.3 is 0 Å². The molecule has 0 bridgehead atoms. The van der Waals surface area contributed by atoms with Crippen LogP contribution in [0.4, 0.5) is 0 Å². The third-order valence-corrected chi connectivity index (χ3v) is 5.14. The highest BCUT2D eigenvalue weighted by Crippen LogP contribution is 2.32. The van der Waals surface area contributed by atoms with Gasteiger partial charge in [-0.2, -0.15) is 0 Å². The van der Waals surface area contributed by atoms with Crippen LogP contribution in [0.3, 0.4) is 0 Å². The second kappa shape index (κ2) is 7.39. The number of ketones is 1. The van der Waals surface area contributed by atoms with Crippen molar-refractivity contribution in [3.05, 3.63) is 53.3 Å². The topological polar surface area (TPSA) is 68.7 Å². The molecule has 6 nitrogen and oxygen atoms in total. The number of nitrogens with zero attached hydrogens (tertiary/aromatic N) is 2. The number of aromatic nitrogens is 1. The first kappa shape index (κ1) is 17.5. The molecule has 1 fully saturated rings. The zero-order chi connectivity index (χ0) is 18.8. The lowest BCUT2D eigenvalue weighted by atomic mass is 9.88. The Kier molecular flexibility index (Phi) is 4.79. The van der Waals surface area contributed by atoms with Gasteiger partial charge in [0.25, 0.3) is 5.91 Å². The van der Waals surface area contributed by atoms with Gasteiger partial charge < -0.3 is 14.4 Å². The predicted octanol–water partition coefficient (Wildman–Crippen LogP) is 2.90. The van der Waals surface area contributed by atoms with Crippen LogP contribution in [0.15, 0.2) is 36.5 Å². The van der Waals surface area contributed by atoms with Gasteiger partial charge in [-0.1, -0.05) is 0 Å². The van der Waals surface area contributed by atoms with E-state index in [9.17, 15) is 9.59 Å². The van der Waals surface area contributed by atoms with Crippen LogP contribution in [0.2, 0.25) is 0 Å². The van der Waals surface area contributed by atoms with Gasteiger partial charge in [0, 0.05) is 36.5 Å². The highest BCUT2D eigenvalue weighted by Gasteiger charge is 2.29. The molecule has 0 atom stereocenters. The number of pyridine rings is 1. The number of hydrogen-bond acceptors (Lipinski definition) is 5. The van der Waals surface area contributed by atoms with E-state index in [0.29, 0.717) is 61.8 Å². The van der Waals surface area contributed by atoms with Crippen LogP contribution in [-0.4, -0.2) is 47.9 Å². The van der Waals surface area contributed by atoms with Gasteiger partial charge in [0.1, 0.15) is 13.2 Å². The molecule has 0 unspecified atom stereocenters. The summed E-state index contributed by atoms with van der Waals surface area (Å²) in [6.07, 6.45) is 2.95. The summed E-state index contributed by atoms with van der Waals surface area (Å²) >= 11 is 0. The average Bonchev–Trinajstić information content (AvgIpc) is 2.73. The summed E-state index contributed by atoms with van der Waals surface area (Å²) < 4.78 is 11.1. The first-order valence-corrected chi connectivity index (χ1v) is 9.27. The summed E-state index contributed by atoms with van der Waals surface area (Å²) in [6, 6.07) is 9.00. The Morgan fingerprint density at radius 2 is 1.70 bits per heavy atom. The van der Waals surface area contributed by atoms with E-state index in [-0.39, 0.29) is 17.6 Å². The lowest BCUT2D eigenvalue weighted by Crippen LogP contribution is -2.40. The lowest BCUT2D eigenvalue weighted by Gasteiger charge is -2.31. The summed E-state index contributed by atoms with van der Waals surface area (Å²) in [7, 11) is 0. The maximum absolute atomic E-state index is 12.9. The number of piperidine rings is 1. The Balaban J connectivity index is 1.39. The van der Waals surface area contributed by atoms with Crippen molar-refractivity contribution in [3.63, 3.8) is 0 Å². The Bertz CT molecular complexity index is 855. The summed E-state index contributed by atoms with van der Waals surface area (Å²) in [4.78, 5) is 31.4. The van der Waals surface area contributed by atoms with Gasteiger partial charge in [-0.15, -0.1) is 0 Å². The quantitative estimate of drug-likeness (QED) is 0.782. The van der Waals surface area contributed by atoms with Gasteiger partial charge in [-0.05, 0) is 50.1 Å². The molecule has 0 aliphatic carbocycles. The zero-order valence-electron chi connectivity index (χ0n) is 15.3. The second-order valence-electron chi connectivity index (χ2n) is 6.98. The minimum atomic E-state index is -0.0762. The highest BCUT2D eigenvalue weighted by atomic mass is 16.6. The van der Waals surface area contributed by atoms with Crippen LogP contribution >= 0.6 is 0 Å². The molecule has 1 amide bonds. The molecule has 1 aromatic heterocycles.